The molecule has 2 heterocycles. The number of nitrogens with zero attached hydrogens (tertiary/aromatic N) is 2. The number of anilines is 1. The average molecular weight is 949 g/mol. The lowest BCUT2D eigenvalue weighted by molar-refractivity contribution is -0.401. The first-order valence-corrected chi connectivity index (χ1v) is 21.5. The van der Waals surface area contributed by atoms with E-state index in [4.69, 9.17) is 5.11 Å². The predicted octanol–water partition coefficient (Wildman–Crippen LogP) is 7.67. The lowest BCUT2D eigenvalue weighted by Gasteiger charge is -2.27. The summed E-state index contributed by atoms with van der Waals surface area (Å²) in [7, 11) is -6.66. The number of halogens is 2. The minimum atomic E-state index is -4.41. The third-order valence-electron chi connectivity index (χ3n) is 9.06. The zero-order valence-electron chi connectivity index (χ0n) is 28.2. The number of hydrogen-bond donors (Lipinski definition) is 2. The molecule has 1 unspecified atom stereocenters. The number of carboxylic acid groups (broad SMARTS) is 1. The van der Waals surface area contributed by atoms with Crippen LogP contribution >= 0.6 is 45.2 Å². The van der Waals surface area contributed by atoms with Crippen molar-refractivity contribution in [2.75, 3.05) is 24.2 Å². The molecule has 0 saturated heterocycles. The van der Waals surface area contributed by atoms with Crippen LogP contribution in [0.1, 0.15) is 75.8 Å². The number of unbranched alkanes of at least 4 members (excludes halogenated alkanes) is 3. The van der Waals surface area contributed by atoms with E-state index in [2.05, 4.69) is 75.0 Å². The Morgan fingerprint density at radius 3 is 2.36 bits per heavy atom. The van der Waals surface area contributed by atoms with Crippen molar-refractivity contribution in [3.8, 4) is 0 Å². The van der Waals surface area contributed by atoms with Gasteiger partial charge in [0.1, 0.15) is 7.05 Å². The molecule has 2 aromatic carbocycles. The van der Waals surface area contributed by atoms with Gasteiger partial charge in [0.05, 0.1) is 26.5 Å². The van der Waals surface area contributed by atoms with Crippen molar-refractivity contribution in [3.05, 3.63) is 96.8 Å². The Labute approximate surface area is 322 Å². The highest BCUT2D eigenvalue weighted by molar-refractivity contribution is 14.1. The molecule has 4 rings (SSSR count). The van der Waals surface area contributed by atoms with Gasteiger partial charge in [-0.2, -0.15) is 13.0 Å². The third-order valence-corrected chi connectivity index (χ3v) is 12.2. The summed E-state index contributed by atoms with van der Waals surface area (Å²) < 4.78 is 71.5. The minimum absolute atomic E-state index is 0.189. The van der Waals surface area contributed by atoms with E-state index in [1.807, 2.05) is 55.2 Å². The van der Waals surface area contributed by atoms with Gasteiger partial charge in [0, 0.05) is 54.8 Å². The maximum Gasteiger partial charge on any atom is 0.303 e. The highest BCUT2D eigenvalue weighted by Crippen LogP contribution is 2.48. The SMILES string of the molecule is C[N+]1=C(C=CC=CC=CC=C2N(CCCCS(=O)(=O)[O-])c3ccc(S(=O)(=O)O)cc3C2(C)C)C(CCCCCC(=O)O)c2c(I)cc(I)cc21. The van der Waals surface area contributed by atoms with Crippen LogP contribution < -0.4 is 4.90 Å². The van der Waals surface area contributed by atoms with Crippen molar-refractivity contribution in [1.29, 1.82) is 0 Å². The fourth-order valence-electron chi connectivity index (χ4n) is 6.63. The van der Waals surface area contributed by atoms with Gasteiger partial charge in [0.25, 0.3) is 10.1 Å². The monoisotopic (exact) mass is 948 g/mol. The molecule has 10 nitrogen and oxygen atoms in total. The van der Waals surface area contributed by atoms with Crippen LogP contribution in [0, 0.1) is 7.14 Å². The molecule has 2 aromatic rings. The van der Waals surface area contributed by atoms with Gasteiger partial charge < -0.3 is 14.6 Å². The van der Waals surface area contributed by atoms with E-state index in [1.54, 1.807) is 6.07 Å². The molecule has 2 N–H and O–H groups in total. The predicted molar refractivity (Wildman–Crippen MR) is 212 cm³/mol. The number of benzene rings is 2. The maximum atomic E-state index is 11.9. The Morgan fingerprint density at radius 1 is 0.980 bits per heavy atom. The van der Waals surface area contributed by atoms with E-state index < -0.39 is 37.4 Å². The highest BCUT2D eigenvalue weighted by atomic mass is 127. The second kappa shape index (κ2) is 17.0. The maximum absolute atomic E-state index is 11.9. The van der Waals surface area contributed by atoms with Crippen LogP contribution in [0.3, 0.4) is 0 Å². The molecule has 0 aliphatic carbocycles. The normalized spacial score (nSPS) is 18.3. The van der Waals surface area contributed by atoms with E-state index in [0.717, 1.165) is 30.6 Å². The van der Waals surface area contributed by atoms with Crippen LogP contribution in [0.2, 0.25) is 0 Å². The zero-order chi connectivity index (χ0) is 36.9. The van der Waals surface area contributed by atoms with Gasteiger partial charge in [-0.15, -0.1) is 0 Å². The molecule has 270 valence electrons. The molecule has 0 aromatic heterocycles. The number of aliphatic carboxylic acids is 1. The first-order chi connectivity index (χ1) is 23.4. The summed E-state index contributed by atoms with van der Waals surface area (Å²) in [6.45, 7) is 4.33. The lowest BCUT2D eigenvalue weighted by Crippen LogP contribution is -2.27. The summed E-state index contributed by atoms with van der Waals surface area (Å²) in [6, 6.07) is 8.84. The van der Waals surface area contributed by atoms with E-state index in [9.17, 15) is 30.7 Å². The minimum Gasteiger partial charge on any atom is -0.748 e. The van der Waals surface area contributed by atoms with Crippen molar-refractivity contribution in [1.82, 2.24) is 0 Å². The summed E-state index contributed by atoms with van der Waals surface area (Å²) in [5, 5.41) is 9.00. The van der Waals surface area contributed by atoms with E-state index in [0.29, 0.717) is 24.9 Å². The molecule has 0 spiro atoms. The molecule has 1 atom stereocenters. The Bertz CT molecular complexity index is 2000. The molecule has 0 saturated carbocycles. The van der Waals surface area contributed by atoms with Gasteiger partial charge in [-0.25, -0.2) is 8.42 Å². The standard InChI is InChI=1S/C36H42I2N2O8S2/c1-36(2)28-24-26(50(46,47)48)18-19-31(28)40(20-12-13-21-49(43,44)45)33(36)16-10-6-4-5-9-15-30-27(14-8-7-11-17-34(41)42)35-29(38)22-25(37)23-32(35)39(30)3/h4-6,9-10,15-16,18-19,22-24,27H,7-8,11-14,17,20-21H2,1-3H3,(H2-,41,42,43,44,45,46,47,48). The van der Waals surface area contributed by atoms with Crippen LogP contribution in [0.15, 0.2) is 83.5 Å². The van der Waals surface area contributed by atoms with Gasteiger partial charge in [-0.05, 0) is 107 Å². The fourth-order valence-corrected chi connectivity index (χ4v) is 9.89. The molecule has 0 fully saturated rings. The average Bonchev–Trinajstić information content (AvgIpc) is 3.39. The first kappa shape index (κ1) is 40.4. The van der Waals surface area contributed by atoms with Crippen LogP contribution in [0.25, 0.3) is 0 Å². The summed E-state index contributed by atoms with van der Waals surface area (Å²) >= 11 is 4.75. The topological polar surface area (TPSA) is 155 Å². The number of rotatable bonds is 16. The van der Waals surface area contributed by atoms with Gasteiger partial charge in [0.15, 0.2) is 5.71 Å². The Kier molecular flexibility index (Phi) is 13.7. The molecule has 50 heavy (non-hydrogen) atoms. The van der Waals surface area contributed by atoms with E-state index in [1.165, 1.54) is 36.2 Å². The van der Waals surface area contributed by atoms with Crippen molar-refractivity contribution in [3.63, 3.8) is 0 Å². The largest absolute Gasteiger partial charge is 0.748 e. The summed E-state index contributed by atoms with van der Waals surface area (Å²) in [4.78, 5) is 12.8. The molecular formula is C36H42I2N2O8S2. The Morgan fingerprint density at radius 2 is 1.68 bits per heavy atom. The third kappa shape index (κ3) is 10.1. The van der Waals surface area contributed by atoms with Crippen LogP contribution in [0.5, 0.6) is 0 Å². The Balaban J connectivity index is 1.53. The highest BCUT2D eigenvalue weighted by Gasteiger charge is 2.40. The fraction of sp³-hybridized carbons (Fsp3) is 0.389. The van der Waals surface area contributed by atoms with Gasteiger partial charge in [0.2, 0.25) is 5.69 Å². The molecule has 0 amide bonds. The zero-order valence-corrected chi connectivity index (χ0v) is 34.1. The van der Waals surface area contributed by atoms with Crippen molar-refractivity contribution in [2.24, 2.45) is 0 Å². The number of carboxylic acids is 1. The molecule has 2 aliphatic rings. The van der Waals surface area contributed by atoms with E-state index in [-0.39, 0.29) is 23.7 Å². The number of fused-ring (bicyclic) bond motifs is 2. The van der Waals surface area contributed by atoms with Crippen LogP contribution in [-0.2, 0) is 30.4 Å². The van der Waals surface area contributed by atoms with Gasteiger partial charge in [-0.1, -0.05) is 57.1 Å². The lowest BCUT2D eigenvalue weighted by atomic mass is 9.83. The Hall–Kier alpha value is -2.38. The van der Waals surface area contributed by atoms with Gasteiger partial charge >= 0.3 is 5.97 Å². The quantitative estimate of drug-likeness (QED) is 0.0568. The molecule has 14 heteroatoms. The smallest absolute Gasteiger partial charge is 0.303 e. The summed E-state index contributed by atoms with van der Waals surface area (Å²) in [5.41, 5.74) is 5.38. The molecular weight excluding hydrogens is 906 g/mol. The van der Waals surface area contributed by atoms with Crippen LogP contribution in [0.4, 0.5) is 11.4 Å². The van der Waals surface area contributed by atoms with Crippen molar-refractivity contribution < 1.29 is 40.4 Å². The molecule has 0 radical (unpaired) electrons. The van der Waals surface area contributed by atoms with Crippen LogP contribution in [-0.4, -0.2) is 66.6 Å². The second-order valence-corrected chi connectivity index (χ2v) is 18.3. The van der Waals surface area contributed by atoms with Crippen molar-refractivity contribution in [2.45, 2.75) is 75.0 Å². The number of carbonyl (C=O) groups is 1. The molecule has 2 aliphatic heterocycles. The summed E-state index contributed by atoms with van der Waals surface area (Å²) in [6.07, 6.45) is 17.9. The van der Waals surface area contributed by atoms with Crippen molar-refractivity contribution >= 4 is 88.5 Å². The first-order valence-electron chi connectivity index (χ1n) is 16.3. The number of allylic oxidation sites excluding steroid dienone is 8. The van der Waals surface area contributed by atoms with E-state index >= 15 is 0 Å². The summed E-state index contributed by atoms with van der Waals surface area (Å²) in [5.74, 6) is -1.01. The molecule has 0 bridgehead atoms. The van der Waals surface area contributed by atoms with Gasteiger partial charge in [-0.3, -0.25) is 9.35 Å². The number of hydrogen-bond acceptors (Lipinski definition) is 7. The second-order valence-electron chi connectivity index (χ2n) is 12.9.